The lowest BCUT2D eigenvalue weighted by molar-refractivity contribution is 0.594. The number of hydrogen-bond donors (Lipinski definition) is 1. The van der Waals surface area contributed by atoms with Crippen molar-refractivity contribution >= 4 is 24.0 Å². The van der Waals surface area contributed by atoms with Crippen molar-refractivity contribution in [2.24, 2.45) is 5.73 Å². The molecule has 0 aliphatic rings. The van der Waals surface area contributed by atoms with Gasteiger partial charge in [0.1, 0.15) is 5.82 Å². The molecular formula is C8H10Cl2FN. The van der Waals surface area contributed by atoms with E-state index in [1.165, 1.54) is 6.07 Å². The van der Waals surface area contributed by atoms with E-state index >= 15 is 0 Å². The van der Waals surface area contributed by atoms with Crippen LogP contribution in [0.3, 0.4) is 0 Å². The van der Waals surface area contributed by atoms with Gasteiger partial charge in [-0.15, -0.1) is 12.4 Å². The molecule has 0 amide bonds. The summed E-state index contributed by atoms with van der Waals surface area (Å²) in [5.41, 5.74) is 5.94. The minimum Gasteiger partial charge on any atom is -0.324 e. The second-order valence-corrected chi connectivity index (χ2v) is 2.84. The molecule has 0 saturated heterocycles. The molecule has 1 unspecified atom stereocenters. The number of halogens is 3. The van der Waals surface area contributed by atoms with Crippen LogP contribution in [-0.4, -0.2) is 0 Å². The van der Waals surface area contributed by atoms with Gasteiger partial charge >= 0.3 is 0 Å². The predicted molar refractivity (Wildman–Crippen MR) is 51.3 cm³/mol. The van der Waals surface area contributed by atoms with Gasteiger partial charge in [0, 0.05) is 11.6 Å². The molecule has 0 aliphatic heterocycles. The molecule has 1 nitrogen and oxygen atoms in total. The van der Waals surface area contributed by atoms with E-state index in [0.717, 1.165) is 0 Å². The fourth-order valence-electron chi connectivity index (χ4n) is 0.872. The van der Waals surface area contributed by atoms with Crippen molar-refractivity contribution < 1.29 is 4.39 Å². The monoisotopic (exact) mass is 209 g/mol. The van der Waals surface area contributed by atoms with Crippen LogP contribution in [0.1, 0.15) is 18.5 Å². The predicted octanol–water partition coefficient (Wildman–Crippen LogP) is 2.92. The van der Waals surface area contributed by atoms with Gasteiger partial charge in [-0.2, -0.15) is 0 Å². The summed E-state index contributed by atoms with van der Waals surface area (Å²) in [6.45, 7) is 1.72. The molecule has 0 saturated carbocycles. The highest BCUT2D eigenvalue weighted by Crippen LogP contribution is 2.21. The fourth-order valence-corrected chi connectivity index (χ4v) is 1.05. The van der Waals surface area contributed by atoms with Gasteiger partial charge < -0.3 is 5.73 Å². The molecule has 0 spiro atoms. The Bertz CT molecular complexity index is 263. The van der Waals surface area contributed by atoms with Gasteiger partial charge in [-0.05, 0) is 13.0 Å². The van der Waals surface area contributed by atoms with E-state index in [4.69, 9.17) is 17.3 Å². The van der Waals surface area contributed by atoms with E-state index in [2.05, 4.69) is 0 Å². The van der Waals surface area contributed by atoms with Crippen molar-refractivity contribution in [1.29, 1.82) is 0 Å². The Labute approximate surface area is 82.1 Å². The lowest BCUT2D eigenvalue weighted by atomic mass is 10.1. The van der Waals surface area contributed by atoms with E-state index < -0.39 is 5.82 Å². The average Bonchev–Trinajstić information content (AvgIpc) is 1.94. The highest BCUT2D eigenvalue weighted by Gasteiger charge is 2.08. The number of rotatable bonds is 1. The number of benzene rings is 1. The molecule has 1 rings (SSSR count). The second-order valence-electron chi connectivity index (χ2n) is 2.43. The largest absolute Gasteiger partial charge is 0.324 e. The third-order valence-corrected chi connectivity index (χ3v) is 1.76. The molecule has 0 aliphatic carbocycles. The van der Waals surface area contributed by atoms with E-state index in [1.54, 1.807) is 19.1 Å². The van der Waals surface area contributed by atoms with Crippen molar-refractivity contribution in [1.82, 2.24) is 0 Å². The summed E-state index contributed by atoms with van der Waals surface area (Å²) in [6.07, 6.45) is 0. The lowest BCUT2D eigenvalue weighted by Crippen LogP contribution is -2.07. The van der Waals surface area contributed by atoms with Crippen molar-refractivity contribution in [2.45, 2.75) is 13.0 Å². The molecule has 4 heteroatoms. The third-order valence-electron chi connectivity index (χ3n) is 1.47. The van der Waals surface area contributed by atoms with Crippen LogP contribution in [0.4, 0.5) is 4.39 Å². The van der Waals surface area contributed by atoms with E-state index in [1.807, 2.05) is 0 Å². The van der Waals surface area contributed by atoms with Crippen LogP contribution in [-0.2, 0) is 0 Å². The molecule has 0 fully saturated rings. The summed E-state index contributed by atoms with van der Waals surface area (Å²) in [5.74, 6) is -0.413. The molecule has 0 radical (unpaired) electrons. The van der Waals surface area contributed by atoms with Crippen LogP contribution in [0, 0.1) is 5.82 Å². The Morgan fingerprint density at radius 1 is 1.50 bits per heavy atom. The van der Waals surface area contributed by atoms with Gasteiger partial charge in [0.15, 0.2) is 0 Å². The highest BCUT2D eigenvalue weighted by molar-refractivity contribution is 6.30. The maximum Gasteiger partial charge on any atom is 0.146 e. The first-order chi connectivity index (χ1) is 5.13. The first-order valence-corrected chi connectivity index (χ1v) is 3.70. The summed E-state index contributed by atoms with van der Waals surface area (Å²) >= 11 is 5.53. The van der Waals surface area contributed by atoms with E-state index in [9.17, 15) is 4.39 Å². The topological polar surface area (TPSA) is 26.0 Å². The van der Waals surface area contributed by atoms with Gasteiger partial charge in [0.2, 0.25) is 0 Å². The zero-order valence-electron chi connectivity index (χ0n) is 6.55. The van der Waals surface area contributed by atoms with Crippen LogP contribution in [0.5, 0.6) is 0 Å². The average molecular weight is 210 g/mol. The molecule has 0 bridgehead atoms. The van der Waals surface area contributed by atoms with Gasteiger partial charge in [0.25, 0.3) is 0 Å². The summed E-state index contributed by atoms with van der Waals surface area (Å²) in [4.78, 5) is 0. The Balaban J connectivity index is 0.00000121. The van der Waals surface area contributed by atoms with Crippen LogP contribution in [0.15, 0.2) is 18.2 Å². The molecule has 1 atom stereocenters. The van der Waals surface area contributed by atoms with Gasteiger partial charge in [-0.3, -0.25) is 0 Å². The Morgan fingerprint density at radius 2 is 2.08 bits per heavy atom. The molecule has 68 valence electrons. The van der Waals surface area contributed by atoms with Gasteiger partial charge in [-0.1, -0.05) is 23.7 Å². The minimum atomic E-state index is -0.413. The smallest absolute Gasteiger partial charge is 0.146 e. The van der Waals surface area contributed by atoms with Crippen molar-refractivity contribution in [3.63, 3.8) is 0 Å². The summed E-state index contributed by atoms with van der Waals surface area (Å²) in [6, 6.07) is 4.51. The molecule has 12 heavy (non-hydrogen) atoms. The maximum atomic E-state index is 13.0. The van der Waals surface area contributed by atoms with Crippen molar-refractivity contribution in [3.8, 4) is 0 Å². The second kappa shape index (κ2) is 4.65. The lowest BCUT2D eigenvalue weighted by Gasteiger charge is -2.06. The summed E-state index contributed by atoms with van der Waals surface area (Å²) in [7, 11) is 0. The summed E-state index contributed by atoms with van der Waals surface area (Å²) in [5, 5.41) is 0.125. The SMILES string of the molecule is CC(N)c1cccc(Cl)c1F.Cl. The van der Waals surface area contributed by atoms with Gasteiger partial charge in [-0.25, -0.2) is 4.39 Å². The fraction of sp³-hybridized carbons (Fsp3) is 0.250. The zero-order valence-corrected chi connectivity index (χ0v) is 8.12. The van der Waals surface area contributed by atoms with Crippen LogP contribution in [0.25, 0.3) is 0 Å². The van der Waals surface area contributed by atoms with Crippen molar-refractivity contribution in [3.05, 3.63) is 34.6 Å². The molecule has 1 aromatic carbocycles. The maximum absolute atomic E-state index is 13.0. The summed E-state index contributed by atoms with van der Waals surface area (Å²) < 4.78 is 13.0. The normalized spacial score (nSPS) is 12.0. The Morgan fingerprint density at radius 3 is 2.50 bits per heavy atom. The Hall–Kier alpha value is -0.310. The minimum absolute atomic E-state index is 0. The standard InChI is InChI=1S/C8H9ClFN.ClH/c1-5(11)6-3-2-4-7(9)8(6)10;/h2-5H,11H2,1H3;1H. The molecule has 0 aromatic heterocycles. The highest BCUT2D eigenvalue weighted by atomic mass is 35.5. The molecule has 2 N–H and O–H groups in total. The quantitative estimate of drug-likeness (QED) is 0.757. The van der Waals surface area contributed by atoms with Crippen LogP contribution >= 0.6 is 24.0 Å². The number of nitrogens with two attached hydrogens (primary N) is 1. The third kappa shape index (κ3) is 2.34. The van der Waals surface area contributed by atoms with Gasteiger partial charge in [0.05, 0.1) is 5.02 Å². The zero-order chi connectivity index (χ0) is 8.43. The van der Waals surface area contributed by atoms with Crippen LogP contribution < -0.4 is 5.73 Å². The molecule has 1 aromatic rings. The van der Waals surface area contributed by atoms with E-state index in [0.29, 0.717) is 5.56 Å². The molecule has 0 heterocycles. The molecular weight excluding hydrogens is 200 g/mol. The number of hydrogen-bond acceptors (Lipinski definition) is 1. The Kier molecular flexibility index (Phi) is 4.53. The first-order valence-electron chi connectivity index (χ1n) is 3.32. The van der Waals surface area contributed by atoms with Crippen LogP contribution in [0.2, 0.25) is 5.02 Å². The van der Waals surface area contributed by atoms with E-state index in [-0.39, 0.29) is 23.5 Å². The first kappa shape index (κ1) is 11.7. The van der Waals surface area contributed by atoms with Crippen molar-refractivity contribution in [2.75, 3.05) is 0 Å².